The van der Waals surface area contributed by atoms with Gasteiger partial charge in [0.25, 0.3) is 0 Å². The van der Waals surface area contributed by atoms with Gasteiger partial charge in [0, 0.05) is 29.5 Å². The monoisotopic (exact) mass is 339 g/mol. The van der Waals surface area contributed by atoms with Crippen LogP contribution in [0.5, 0.6) is 0 Å². The minimum atomic E-state index is 0.645. The van der Waals surface area contributed by atoms with Crippen molar-refractivity contribution in [3.63, 3.8) is 0 Å². The Morgan fingerprint density at radius 3 is 2.88 bits per heavy atom. The molecule has 0 spiro atoms. The largest absolute Gasteiger partial charge is 0.323 e. The average Bonchev–Trinajstić information content (AvgIpc) is 3.29. The summed E-state index contributed by atoms with van der Waals surface area (Å²) in [5, 5.41) is 7.24. The molecule has 24 heavy (non-hydrogen) atoms. The Hall–Kier alpha value is -2.61. The van der Waals surface area contributed by atoms with Crippen LogP contribution in [0.2, 0.25) is 0 Å². The summed E-state index contributed by atoms with van der Waals surface area (Å²) in [7, 11) is 0. The first kappa shape index (κ1) is 14.9. The van der Waals surface area contributed by atoms with Crippen molar-refractivity contribution < 1.29 is 0 Å². The van der Waals surface area contributed by atoms with Crippen LogP contribution >= 0.6 is 11.3 Å². The second-order valence-corrected chi connectivity index (χ2v) is 6.46. The Balaban J connectivity index is 1.77. The molecule has 8 heteroatoms. The molecule has 7 nitrogen and oxygen atoms in total. The van der Waals surface area contributed by atoms with E-state index in [0.29, 0.717) is 6.54 Å². The topological polar surface area (TPSA) is 73.8 Å². The maximum Gasteiger partial charge on any atom is 0.169 e. The molecule has 0 bridgehead atoms. The molecule has 4 rings (SSSR count). The highest BCUT2D eigenvalue weighted by molar-refractivity contribution is 7.13. The van der Waals surface area contributed by atoms with Gasteiger partial charge in [-0.05, 0) is 13.3 Å². The maximum atomic E-state index is 4.63. The molecule has 4 aromatic rings. The van der Waals surface area contributed by atoms with Crippen molar-refractivity contribution in [3.8, 4) is 10.8 Å². The molecule has 0 aliphatic heterocycles. The van der Waals surface area contributed by atoms with Crippen molar-refractivity contribution in [1.29, 1.82) is 0 Å². The van der Waals surface area contributed by atoms with E-state index in [-0.39, 0.29) is 0 Å². The molecule has 0 saturated heterocycles. The van der Waals surface area contributed by atoms with E-state index in [1.54, 1.807) is 34.6 Å². The van der Waals surface area contributed by atoms with Crippen LogP contribution in [0, 0.1) is 6.92 Å². The van der Waals surface area contributed by atoms with E-state index in [2.05, 4.69) is 36.5 Å². The second kappa shape index (κ2) is 6.12. The fraction of sp³-hybridized carbons (Fsp3) is 0.312. The van der Waals surface area contributed by atoms with Gasteiger partial charge in [-0.3, -0.25) is 0 Å². The first-order valence-electron chi connectivity index (χ1n) is 7.87. The predicted octanol–water partition coefficient (Wildman–Crippen LogP) is 2.75. The Kier molecular flexibility index (Phi) is 3.81. The number of hydrogen-bond acceptors (Lipinski definition) is 6. The van der Waals surface area contributed by atoms with Crippen LogP contribution in [0.1, 0.15) is 30.4 Å². The van der Waals surface area contributed by atoms with Crippen LogP contribution in [-0.2, 0) is 13.0 Å². The van der Waals surface area contributed by atoms with E-state index in [4.69, 9.17) is 0 Å². The summed E-state index contributed by atoms with van der Waals surface area (Å²) in [6.45, 7) is 4.71. The Morgan fingerprint density at radius 1 is 1.17 bits per heavy atom. The summed E-state index contributed by atoms with van der Waals surface area (Å²) < 4.78 is 3.85. The van der Waals surface area contributed by atoms with Gasteiger partial charge in [-0.25, -0.2) is 24.5 Å². The third kappa shape index (κ3) is 2.58. The first-order valence-corrected chi connectivity index (χ1v) is 8.75. The molecule has 0 aliphatic rings. The zero-order chi connectivity index (χ0) is 16.5. The summed E-state index contributed by atoms with van der Waals surface area (Å²) in [6, 6.07) is 0. The number of hydrogen-bond donors (Lipinski definition) is 0. The van der Waals surface area contributed by atoms with Gasteiger partial charge >= 0.3 is 0 Å². The van der Waals surface area contributed by atoms with E-state index < -0.39 is 0 Å². The van der Waals surface area contributed by atoms with Crippen molar-refractivity contribution in [2.75, 3.05) is 0 Å². The van der Waals surface area contributed by atoms with E-state index in [1.807, 2.05) is 18.5 Å². The van der Waals surface area contributed by atoms with E-state index in [0.717, 1.165) is 46.4 Å². The molecule has 0 unspecified atom stereocenters. The first-order chi connectivity index (χ1) is 11.8. The quantitative estimate of drug-likeness (QED) is 0.559. The molecule has 0 radical (unpaired) electrons. The smallest absolute Gasteiger partial charge is 0.169 e. The fourth-order valence-electron chi connectivity index (χ4n) is 2.82. The van der Waals surface area contributed by atoms with Crippen LogP contribution in [0.3, 0.4) is 0 Å². The second-order valence-electron chi connectivity index (χ2n) is 5.56. The lowest BCUT2D eigenvalue weighted by molar-refractivity contribution is 0.743. The minimum Gasteiger partial charge on any atom is -0.323 e. The average molecular weight is 339 g/mol. The summed E-state index contributed by atoms with van der Waals surface area (Å²) in [4.78, 5) is 18.0. The van der Waals surface area contributed by atoms with E-state index >= 15 is 0 Å². The molecule has 4 heterocycles. The molecule has 4 aromatic heterocycles. The number of aryl methyl sites for hydroxylation is 2. The van der Waals surface area contributed by atoms with Gasteiger partial charge in [0.1, 0.15) is 12.2 Å². The van der Waals surface area contributed by atoms with Crippen molar-refractivity contribution in [3.05, 3.63) is 47.4 Å². The number of imidazole rings is 1. The molecule has 0 N–H and O–H groups in total. The number of nitrogens with zero attached hydrogens (tertiary/aromatic N) is 7. The van der Waals surface area contributed by atoms with Gasteiger partial charge < -0.3 is 4.57 Å². The highest BCUT2D eigenvalue weighted by Gasteiger charge is 2.15. The van der Waals surface area contributed by atoms with Crippen LogP contribution in [0.15, 0.2) is 30.3 Å². The molecule has 0 atom stereocenters. The van der Waals surface area contributed by atoms with Crippen molar-refractivity contribution in [2.24, 2.45) is 0 Å². The van der Waals surface area contributed by atoms with E-state index in [1.165, 1.54) is 0 Å². The molecule has 122 valence electrons. The van der Waals surface area contributed by atoms with Gasteiger partial charge in [-0.15, -0.1) is 11.3 Å². The van der Waals surface area contributed by atoms with Crippen LogP contribution in [0.25, 0.3) is 16.5 Å². The summed E-state index contributed by atoms with van der Waals surface area (Å²) in [5.74, 6) is 1.63. The maximum absolute atomic E-state index is 4.63. The SMILES string of the molecule is CCCc1c(Cn2ccnc2-c2nccs2)ncn2nc(C)nc12. The predicted molar refractivity (Wildman–Crippen MR) is 92.0 cm³/mol. The number of fused-ring (bicyclic) bond motifs is 1. The zero-order valence-corrected chi connectivity index (χ0v) is 14.4. The highest BCUT2D eigenvalue weighted by Crippen LogP contribution is 2.22. The standard InChI is InChI=1S/C16H17N7S/c1-3-4-12-13(19-10-23-14(12)20-11(2)21-23)9-22-7-5-17-15(22)16-18-6-8-24-16/h5-8,10H,3-4,9H2,1-2H3. The van der Waals surface area contributed by atoms with Crippen LogP contribution in [0.4, 0.5) is 0 Å². The van der Waals surface area contributed by atoms with Gasteiger partial charge in [0.05, 0.1) is 12.2 Å². The lowest BCUT2D eigenvalue weighted by Crippen LogP contribution is -2.09. The lowest BCUT2D eigenvalue weighted by atomic mass is 10.1. The van der Waals surface area contributed by atoms with Crippen LogP contribution in [-0.4, -0.2) is 34.1 Å². The Morgan fingerprint density at radius 2 is 2.08 bits per heavy atom. The normalized spacial score (nSPS) is 11.4. The van der Waals surface area contributed by atoms with Crippen LogP contribution < -0.4 is 0 Å². The van der Waals surface area contributed by atoms with Gasteiger partial charge in [0.2, 0.25) is 0 Å². The molecule has 0 amide bonds. The summed E-state index contributed by atoms with van der Waals surface area (Å²) >= 11 is 1.58. The fourth-order valence-corrected chi connectivity index (χ4v) is 3.47. The summed E-state index contributed by atoms with van der Waals surface area (Å²) in [5.41, 5.74) is 3.06. The van der Waals surface area contributed by atoms with Crippen molar-refractivity contribution >= 4 is 17.0 Å². The third-order valence-corrected chi connectivity index (χ3v) is 4.61. The molecule has 0 aliphatic carbocycles. The lowest BCUT2D eigenvalue weighted by Gasteiger charge is -2.11. The van der Waals surface area contributed by atoms with E-state index in [9.17, 15) is 0 Å². The molecular formula is C16H17N7S. The van der Waals surface area contributed by atoms with Gasteiger partial charge in [-0.1, -0.05) is 13.3 Å². The third-order valence-electron chi connectivity index (χ3n) is 3.84. The molecule has 0 saturated carbocycles. The van der Waals surface area contributed by atoms with Crippen molar-refractivity contribution in [2.45, 2.75) is 33.2 Å². The Bertz CT molecular complexity index is 968. The van der Waals surface area contributed by atoms with Gasteiger partial charge in [0.15, 0.2) is 16.5 Å². The minimum absolute atomic E-state index is 0.645. The zero-order valence-electron chi connectivity index (χ0n) is 13.5. The molecular weight excluding hydrogens is 322 g/mol. The molecule has 0 fully saturated rings. The summed E-state index contributed by atoms with van der Waals surface area (Å²) in [6.07, 6.45) is 9.26. The van der Waals surface area contributed by atoms with Crippen molar-refractivity contribution in [1.82, 2.24) is 34.1 Å². The number of thiazole rings is 1. The Labute approximate surface area is 143 Å². The molecule has 0 aromatic carbocycles. The number of aromatic nitrogens is 7. The highest BCUT2D eigenvalue weighted by atomic mass is 32.1. The number of rotatable bonds is 5. The van der Waals surface area contributed by atoms with Gasteiger partial charge in [-0.2, -0.15) is 5.10 Å².